The molecule has 1 atom stereocenters. The largest absolute Gasteiger partial charge is 0.330 e. The maximum Gasteiger partial charge on any atom is 0.227 e. The van der Waals surface area contributed by atoms with Crippen molar-refractivity contribution in [1.29, 1.82) is 0 Å². The number of nitrogens with one attached hydrogen (secondary N) is 1. The van der Waals surface area contributed by atoms with Crippen LogP contribution in [0.2, 0.25) is 0 Å². The van der Waals surface area contributed by atoms with Crippen LogP contribution in [0.15, 0.2) is 22.7 Å². The third-order valence-electron chi connectivity index (χ3n) is 2.49. The van der Waals surface area contributed by atoms with Gasteiger partial charge in [-0.25, -0.2) is 0 Å². The van der Waals surface area contributed by atoms with Crippen molar-refractivity contribution in [3.63, 3.8) is 0 Å². The molecule has 3 N–H and O–H groups in total. The minimum atomic E-state index is -0.0481. The monoisotopic (exact) mass is 284 g/mol. The van der Waals surface area contributed by atoms with Crippen LogP contribution >= 0.6 is 15.9 Å². The van der Waals surface area contributed by atoms with Crippen LogP contribution in [0.1, 0.15) is 18.9 Å². The van der Waals surface area contributed by atoms with E-state index >= 15 is 0 Å². The first-order valence-corrected chi connectivity index (χ1v) is 6.11. The number of rotatable bonds is 4. The van der Waals surface area contributed by atoms with Crippen molar-refractivity contribution < 1.29 is 4.79 Å². The van der Waals surface area contributed by atoms with E-state index in [0.29, 0.717) is 13.0 Å². The van der Waals surface area contributed by atoms with Gasteiger partial charge in [-0.3, -0.25) is 4.79 Å². The number of nitrogens with two attached hydrogens (primary N) is 1. The lowest BCUT2D eigenvalue weighted by molar-refractivity contribution is -0.119. The summed E-state index contributed by atoms with van der Waals surface area (Å²) in [6.45, 7) is 4.39. The molecule has 0 heterocycles. The first-order valence-electron chi connectivity index (χ1n) is 5.31. The highest BCUT2D eigenvalue weighted by molar-refractivity contribution is 9.10. The Bertz CT molecular complexity index is 379. The van der Waals surface area contributed by atoms with Crippen molar-refractivity contribution in [2.75, 3.05) is 11.9 Å². The molecule has 1 amide bonds. The molecule has 0 aliphatic rings. The average Bonchev–Trinajstić information content (AvgIpc) is 2.22. The summed E-state index contributed by atoms with van der Waals surface area (Å²) >= 11 is 3.39. The summed E-state index contributed by atoms with van der Waals surface area (Å²) in [4.78, 5) is 11.8. The Morgan fingerprint density at radius 1 is 1.56 bits per heavy atom. The molecule has 3 nitrogen and oxygen atoms in total. The van der Waals surface area contributed by atoms with E-state index < -0.39 is 0 Å². The molecule has 0 saturated carbocycles. The fraction of sp³-hybridized carbons (Fsp3) is 0.417. The molecule has 0 radical (unpaired) electrons. The van der Waals surface area contributed by atoms with E-state index in [4.69, 9.17) is 5.73 Å². The first kappa shape index (κ1) is 13.2. The summed E-state index contributed by atoms with van der Waals surface area (Å²) in [6, 6.07) is 5.78. The third kappa shape index (κ3) is 3.61. The number of carbonyl (C=O) groups is 1. The van der Waals surface area contributed by atoms with Crippen LogP contribution in [-0.4, -0.2) is 12.5 Å². The summed E-state index contributed by atoms with van der Waals surface area (Å²) in [5.74, 6) is -0.0241. The Hall–Kier alpha value is -0.870. The summed E-state index contributed by atoms with van der Waals surface area (Å²) in [7, 11) is 0. The van der Waals surface area contributed by atoms with E-state index in [1.165, 1.54) is 0 Å². The number of aryl methyl sites for hydroxylation is 1. The second kappa shape index (κ2) is 6.01. The van der Waals surface area contributed by atoms with Gasteiger partial charge in [0.2, 0.25) is 5.91 Å². The molecular formula is C12H17BrN2O. The predicted molar refractivity (Wildman–Crippen MR) is 70.3 cm³/mol. The Kier molecular flexibility index (Phi) is 4.96. The summed E-state index contributed by atoms with van der Waals surface area (Å²) in [5, 5.41) is 2.91. The van der Waals surface area contributed by atoms with Crippen LogP contribution in [0.25, 0.3) is 0 Å². The van der Waals surface area contributed by atoms with Gasteiger partial charge in [-0.1, -0.05) is 22.9 Å². The molecule has 4 heteroatoms. The van der Waals surface area contributed by atoms with Crippen LogP contribution in [0, 0.1) is 12.8 Å². The van der Waals surface area contributed by atoms with Crippen LogP contribution < -0.4 is 11.1 Å². The first-order chi connectivity index (χ1) is 7.54. The summed E-state index contributed by atoms with van der Waals surface area (Å²) in [5.41, 5.74) is 7.33. The second-order valence-corrected chi connectivity index (χ2v) is 4.84. The highest BCUT2D eigenvalue weighted by Gasteiger charge is 2.12. The molecule has 0 saturated heterocycles. The molecule has 0 aromatic heterocycles. The van der Waals surface area contributed by atoms with E-state index in [-0.39, 0.29) is 11.8 Å². The third-order valence-corrected chi connectivity index (χ3v) is 2.99. The smallest absolute Gasteiger partial charge is 0.227 e. The molecular weight excluding hydrogens is 268 g/mol. The zero-order valence-corrected chi connectivity index (χ0v) is 11.2. The molecule has 1 rings (SSSR count). The van der Waals surface area contributed by atoms with Gasteiger partial charge in [-0.2, -0.15) is 0 Å². The quantitative estimate of drug-likeness (QED) is 0.893. The Morgan fingerprint density at radius 2 is 2.25 bits per heavy atom. The number of hydrogen-bond acceptors (Lipinski definition) is 2. The number of carbonyl (C=O) groups excluding carboxylic acids is 1. The van der Waals surface area contributed by atoms with E-state index in [0.717, 1.165) is 15.7 Å². The average molecular weight is 285 g/mol. The van der Waals surface area contributed by atoms with Gasteiger partial charge in [-0.05, 0) is 43.7 Å². The van der Waals surface area contributed by atoms with Gasteiger partial charge in [-0.15, -0.1) is 0 Å². The van der Waals surface area contributed by atoms with E-state index in [1.54, 1.807) is 0 Å². The molecule has 0 fully saturated rings. The minimum Gasteiger partial charge on any atom is -0.330 e. The number of amides is 1. The zero-order chi connectivity index (χ0) is 12.1. The standard InChI is InChI=1S/C12H17BrN2O/c1-8(5-6-14)12(16)15-11-4-3-10(13)7-9(11)2/h3-4,7-8H,5-6,14H2,1-2H3,(H,15,16). The molecule has 0 aliphatic carbocycles. The van der Waals surface area contributed by atoms with Gasteiger partial charge < -0.3 is 11.1 Å². The molecule has 0 bridgehead atoms. The van der Waals surface area contributed by atoms with Gasteiger partial charge in [0.1, 0.15) is 0 Å². The number of anilines is 1. The van der Waals surface area contributed by atoms with Crippen molar-refractivity contribution in [1.82, 2.24) is 0 Å². The lowest BCUT2D eigenvalue weighted by atomic mass is 10.1. The maximum atomic E-state index is 11.8. The Labute approximate surface area is 105 Å². The predicted octanol–water partition coefficient (Wildman–Crippen LogP) is 2.68. The van der Waals surface area contributed by atoms with Gasteiger partial charge in [0.25, 0.3) is 0 Å². The van der Waals surface area contributed by atoms with E-state index in [2.05, 4.69) is 21.2 Å². The van der Waals surface area contributed by atoms with Crippen molar-refractivity contribution in [3.05, 3.63) is 28.2 Å². The number of hydrogen-bond donors (Lipinski definition) is 2. The molecule has 1 aromatic carbocycles. The molecule has 0 spiro atoms. The molecule has 1 aromatic rings. The van der Waals surface area contributed by atoms with Crippen LogP contribution in [0.4, 0.5) is 5.69 Å². The molecule has 0 aliphatic heterocycles. The Morgan fingerprint density at radius 3 is 2.81 bits per heavy atom. The van der Waals surface area contributed by atoms with E-state index in [9.17, 15) is 4.79 Å². The second-order valence-electron chi connectivity index (χ2n) is 3.93. The van der Waals surface area contributed by atoms with Crippen LogP contribution in [0.5, 0.6) is 0 Å². The molecule has 88 valence electrons. The lowest BCUT2D eigenvalue weighted by Gasteiger charge is -2.13. The van der Waals surface area contributed by atoms with E-state index in [1.807, 2.05) is 32.0 Å². The van der Waals surface area contributed by atoms with Gasteiger partial charge >= 0.3 is 0 Å². The van der Waals surface area contributed by atoms with Crippen LogP contribution in [-0.2, 0) is 4.79 Å². The van der Waals surface area contributed by atoms with Crippen molar-refractivity contribution in [3.8, 4) is 0 Å². The zero-order valence-electron chi connectivity index (χ0n) is 9.59. The summed E-state index contributed by atoms with van der Waals surface area (Å²) < 4.78 is 1.01. The topological polar surface area (TPSA) is 55.1 Å². The van der Waals surface area contributed by atoms with Crippen molar-refractivity contribution in [2.24, 2.45) is 11.7 Å². The lowest BCUT2D eigenvalue weighted by Crippen LogP contribution is -2.23. The molecule has 16 heavy (non-hydrogen) atoms. The number of benzene rings is 1. The van der Waals surface area contributed by atoms with Gasteiger partial charge in [0.15, 0.2) is 0 Å². The number of halogens is 1. The van der Waals surface area contributed by atoms with Crippen molar-refractivity contribution in [2.45, 2.75) is 20.3 Å². The fourth-order valence-corrected chi connectivity index (χ4v) is 1.88. The normalized spacial score (nSPS) is 12.2. The maximum absolute atomic E-state index is 11.8. The molecule has 1 unspecified atom stereocenters. The fourth-order valence-electron chi connectivity index (χ4n) is 1.40. The summed E-state index contributed by atoms with van der Waals surface area (Å²) in [6.07, 6.45) is 0.710. The Balaban J connectivity index is 2.69. The highest BCUT2D eigenvalue weighted by Crippen LogP contribution is 2.20. The van der Waals surface area contributed by atoms with Crippen molar-refractivity contribution >= 4 is 27.5 Å². The van der Waals surface area contributed by atoms with Crippen LogP contribution in [0.3, 0.4) is 0 Å². The highest BCUT2D eigenvalue weighted by atomic mass is 79.9. The SMILES string of the molecule is Cc1cc(Br)ccc1NC(=O)C(C)CCN. The van der Waals surface area contributed by atoms with Gasteiger partial charge in [0, 0.05) is 16.1 Å². The minimum absolute atomic E-state index is 0.0240. The van der Waals surface area contributed by atoms with Gasteiger partial charge in [0.05, 0.1) is 0 Å².